The number of aliphatic hydroxyl groups excluding tert-OH is 1. The van der Waals surface area contributed by atoms with E-state index < -0.39 is 34.2 Å². The molecule has 1 unspecified atom stereocenters. The van der Waals surface area contributed by atoms with E-state index in [0.29, 0.717) is 0 Å². The number of nitrogens with zero attached hydrogens (tertiary/aromatic N) is 4. The van der Waals surface area contributed by atoms with Gasteiger partial charge in [-0.05, 0) is 35.9 Å². The Balaban J connectivity index is 1.96. The number of hydrogen-bond acceptors (Lipinski definition) is 7. The topological polar surface area (TPSA) is 127 Å². The third-order valence-electron chi connectivity index (χ3n) is 4.73. The first-order chi connectivity index (χ1) is 14.9. The van der Waals surface area contributed by atoms with Gasteiger partial charge in [0.2, 0.25) is 5.95 Å². The van der Waals surface area contributed by atoms with E-state index in [0.717, 1.165) is 17.0 Å². The zero-order valence-corrected chi connectivity index (χ0v) is 15.7. The number of ketones is 1. The van der Waals surface area contributed by atoms with Crippen molar-refractivity contribution in [1.29, 1.82) is 0 Å². The summed E-state index contributed by atoms with van der Waals surface area (Å²) in [5, 5.41) is 22.1. The first-order valence-corrected chi connectivity index (χ1v) is 8.97. The molecule has 0 spiro atoms. The summed E-state index contributed by atoms with van der Waals surface area (Å²) in [6.07, 6.45) is 2.73. The van der Waals surface area contributed by atoms with Gasteiger partial charge in [0.1, 0.15) is 11.6 Å². The Bertz CT molecular complexity index is 1230. The Morgan fingerprint density at radius 3 is 2.39 bits per heavy atom. The van der Waals surface area contributed by atoms with Crippen molar-refractivity contribution in [2.45, 2.75) is 6.04 Å². The Morgan fingerprint density at radius 2 is 1.74 bits per heavy atom. The van der Waals surface area contributed by atoms with Gasteiger partial charge >= 0.3 is 5.91 Å². The fourth-order valence-corrected chi connectivity index (χ4v) is 3.34. The molecule has 1 saturated heterocycles. The third-order valence-corrected chi connectivity index (χ3v) is 4.73. The molecule has 10 heteroatoms. The van der Waals surface area contributed by atoms with Crippen molar-refractivity contribution in [2.75, 3.05) is 4.90 Å². The fraction of sp³-hybridized carbons (Fsp3) is 0.0476. The van der Waals surface area contributed by atoms with Gasteiger partial charge < -0.3 is 5.11 Å². The maximum atomic E-state index is 13.3. The van der Waals surface area contributed by atoms with Gasteiger partial charge in [-0.25, -0.2) is 14.4 Å². The molecule has 2 heterocycles. The molecular formula is C21H13FN4O5. The van der Waals surface area contributed by atoms with Crippen LogP contribution in [0, 0.1) is 15.9 Å². The molecule has 1 aliphatic heterocycles. The first kappa shape index (κ1) is 19.8. The highest BCUT2D eigenvalue weighted by Crippen LogP contribution is 2.41. The molecule has 1 N–H and O–H groups in total. The van der Waals surface area contributed by atoms with Crippen LogP contribution in [0.1, 0.15) is 17.2 Å². The van der Waals surface area contributed by atoms with Crippen molar-refractivity contribution in [3.05, 3.63) is 99.6 Å². The molecule has 1 aliphatic rings. The van der Waals surface area contributed by atoms with E-state index >= 15 is 0 Å². The number of halogens is 1. The summed E-state index contributed by atoms with van der Waals surface area (Å²) in [6, 6.07) is 10.3. The highest BCUT2D eigenvalue weighted by Gasteiger charge is 2.48. The summed E-state index contributed by atoms with van der Waals surface area (Å²) in [7, 11) is 0. The van der Waals surface area contributed by atoms with Crippen molar-refractivity contribution in [2.24, 2.45) is 0 Å². The average molecular weight is 420 g/mol. The number of carbonyl (C=O) groups excluding carboxylic acids is 2. The van der Waals surface area contributed by atoms with Crippen LogP contribution in [-0.4, -0.2) is 31.7 Å². The molecule has 0 saturated carbocycles. The lowest BCUT2D eigenvalue weighted by Crippen LogP contribution is -2.31. The molecule has 31 heavy (non-hydrogen) atoms. The maximum absolute atomic E-state index is 13.3. The fourth-order valence-electron chi connectivity index (χ4n) is 3.34. The van der Waals surface area contributed by atoms with E-state index in [-0.39, 0.29) is 28.3 Å². The lowest BCUT2D eigenvalue weighted by atomic mass is 9.95. The molecule has 0 bridgehead atoms. The molecule has 1 atom stereocenters. The van der Waals surface area contributed by atoms with Crippen molar-refractivity contribution in [1.82, 2.24) is 9.97 Å². The predicted molar refractivity (Wildman–Crippen MR) is 106 cm³/mol. The van der Waals surface area contributed by atoms with Crippen molar-refractivity contribution in [3.8, 4) is 0 Å². The molecule has 0 radical (unpaired) electrons. The standard InChI is InChI=1S/C21H13FN4O5/c22-14-7-5-12(6-8-14)18(27)16-17(13-3-1-4-15(11-13)26(30)31)25(20(29)19(16)28)21-23-9-2-10-24-21/h1-11,17,27H/b18-16-. The Kier molecular flexibility index (Phi) is 4.96. The summed E-state index contributed by atoms with van der Waals surface area (Å²) in [5.74, 6) is -3.24. The minimum atomic E-state index is -1.23. The Labute approximate surface area is 174 Å². The number of nitro groups is 1. The minimum absolute atomic E-state index is 0.101. The van der Waals surface area contributed by atoms with E-state index in [1.165, 1.54) is 54.9 Å². The van der Waals surface area contributed by atoms with Crippen molar-refractivity contribution < 1.29 is 24.0 Å². The molecule has 154 valence electrons. The van der Waals surface area contributed by atoms with Crippen LogP contribution in [0.25, 0.3) is 5.76 Å². The van der Waals surface area contributed by atoms with Crippen LogP contribution in [0.15, 0.2) is 72.6 Å². The van der Waals surface area contributed by atoms with Gasteiger partial charge in [0.15, 0.2) is 0 Å². The van der Waals surface area contributed by atoms with Crippen molar-refractivity contribution >= 4 is 29.1 Å². The van der Waals surface area contributed by atoms with Crippen LogP contribution >= 0.6 is 0 Å². The molecule has 3 aromatic rings. The van der Waals surface area contributed by atoms with Crippen LogP contribution in [0.2, 0.25) is 0 Å². The van der Waals surface area contributed by atoms with E-state index in [1.807, 2.05) is 0 Å². The van der Waals surface area contributed by atoms with E-state index in [9.17, 15) is 29.2 Å². The molecule has 1 amide bonds. The van der Waals surface area contributed by atoms with Gasteiger partial charge in [0.05, 0.1) is 16.5 Å². The second-order valence-corrected chi connectivity index (χ2v) is 6.58. The van der Waals surface area contributed by atoms with Crippen LogP contribution < -0.4 is 4.90 Å². The zero-order valence-electron chi connectivity index (χ0n) is 15.7. The highest BCUT2D eigenvalue weighted by atomic mass is 19.1. The lowest BCUT2D eigenvalue weighted by Gasteiger charge is -2.23. The van der Waals surface area contributed by atoms with Gasteiger partial charge in [-0.2, -0.15) is 0 Å². The summed E-state index contributed by atoms with van der Waals surface area (Å²) in [6.45, 7) is 0. The highest BCUT2D eigenvalue weighted by molar-refractivity contribution is 6.51. The molecule has 1 aromatic heterocycles. The number of rotatable bonds is 4. The molecule has 0 aliphatic carbocycles. The lowest BCUT2D eigenvalue weighted by molar-refractivity contribution is -0.384. The number of aliphatic hydroxyl groups is 1. The predicted octanol–water partition coefficient (Wildman–Crippen LogP) is 3.15. The summed E-state index contributed by atoms with van der Waals surface area (Å²) < 4.78 is 13.3. The molecule has 4 rings (SSSR count). The number of benzene rings is 2. The number of aromatic nitrogens is 2. The number of nitro benzene ring substituents is 1. The maximum Gasteiger partial charge on any atom is 0.302 e. The van der Waals surface area contributed by atoms with Crippen LogP contribution in [0.5, 0.6) is 0 Å². The van der Waals surface area contributed by atoms with Gasteiger partial charge in [-0.1, -0.05) is 12.1 Å². The smallest absolute Gasteiger partial charge is 0.302 e. The Morgan fingerprint density at radius 1 is 1.06 bits per heavy atom. The van der Waals surface area contributed by atoms with Crippen LogP contribution in [0.3, 0.4) is 0 Å². The molecule has 2 aromatic carbocycles. The summed E-state index contributed by atoms with van der Waals surface area (Å²) in [5.41, 5.74) is -0.281. The van der Waals surface area contributed by atoms with Gasteiger partial charge in [-0.15, -0.1) is 0 Å². The zero-order chi connectivity index (χ0) is 22.1. The summed E-state index contributed by atoms with van der Waals surface area (Å²) >= 11 is 0. The largest absolute Gasteiger partial charge is 0.507 e. The van der Waals surface area contributed by atoms with Crippen molar-refractivity contribution in [3.63, 3.8) is 0 Å². The molecule has 9 nitrogen and oxygen atoms in total. The second kappa shape index (κ2) is 7.75. The number of hydrogen-bond donors (Lipinski definition) is 1. The normalized spacial score (nSPS) is 17.7. The van der Waals surface area contributed by atoms with Crippen LogP contribution in [0.4, 0.5) is 16.0 Å². The quantitative estimate of drug-likeness (QED) is 0.226. The van der Waals surface area contributed by atoms with Gasteiger partial charge in [0.25, 0.3) is 11.5 Å². The number of Topliss-reactive ketones (excluding diaryl/α,β-unsaturated/α-hetero) is 1. The second-order valence-electron chi connectivity index (χ2n) is 6.58. The summed E-state index contributed by atoms with van der Waals surface area (Å²) in [4.78, 5) is 45.4. The minimum Gasteiger partial charge on any atom is -0.507 e. The van der Waals surface area contributed by atoms with Gasteiger partial charge in [0, 0.05) is 30.1 Å². The van der Waals surface area contributed by atoms with E-state index in [2.05, 4.69) is 9.97 Å². The Hall–Kier alpha value is -4.47. The molecular weight excluding hydrogens is 407 g/mol. The average Bonchev–Trinajstić information content (AvgIpc) is 3.05. The van der Waals surface area contributed by atoms with Crippen LogP contribution in [-0.2, 0) is 9.59 Å². The first-order valence-electron chi connectivity index (χ1n) is 8.97. The van der Waals surface area contributed by atoms with E-state index in [1.54, 1.807) is 0 Å². The number of carbonyl (C=O) groups is 2. The molecule has 1 fully saturated rings. The third kappa shape index (κ3) is 3.50. The number of anilines is 1. The number of amides is 1. The van der Waals surface area contributed by atoms with E-state index in [4.69, 9.17) is 0 Å². The monoisotopic (exact) mass is 420 g/mol. The van der Waals surface area contributed by atoms with Gasteiger partial charge in [-0.3, -0.25) is 24.6 Å². The number of non-ortho nitro benzene ring substituents is 1. The SMILES string of the molecule is O=C1C(=O)N(c2ncccn2)C(c2cccc([N+](=O)[O-])c2)/C1=C(/O)c1ccc(F)cc1.